The summed E-state index contributed by atoms with van der Waals surface area (Å²) < 4.78 is 2.22. The van der Waals surface area contributed by atoms with Crippen molar-refractivity contribution in [3.05, 3.63) is 66.0 Å². The molecule has 0 saturated carbocycles. The summed E-state index contributed by atoms with van der Waals surface area (Å²) in [4.78, 5) is 0. The van der Waals surface area contributed by atoms with E-state index in [2.05, 4.69) is 59.4 Å². The molecule has 0 amide bonds. The molecule has 0 fully saturated rings. The third-order valence-corrected chi connectivity index (χ3v) is 2.90. The van der Waals surface area contributed by atoms with E-state index in [1.54, 1.807) is 0 Å². The van der Waals surface area contributed by atoms with Crippen molar-refractivity contribution in [2.24, 2.45) is 0 Å². The molecule has 2 aromatic rings. The van der Waals surface area contributed by atoms with Gasteiger partial charge in [-0.1, -0.05) is 30.4 Å². The van der Waals surface area contributed by atoms with Crippen molar-refractivity contribution in [1.29, 1.82) is 0 Å². The minimum absolute atomic E-state index is 1.08. The molecule has 3 rings (SSSR count). The second kappa shape index (κ2) is 3.43. The normalized spacial score (nSPS) is 13.9. The molecule has 0 atom stereocenters. The smallest absolute Gasteiger partial charge is 0.0449 e. The van der Waals surface area contributed by atoms with Crippen LogP contribution >= 0.6 is 0 Å². The standard InChI is InChI=1S/C14H13N/c1-2-8-14(9-3-1)15-10-12-6-4-5-7-13(12)11-15/h1-5,8-11H,6-7H2. The maximum Gasteiger partial charge on any atom is 0.0449 e. The number of nitrogens with zero attached hydrogens (tertiary/aromatic N) is 1. The van der Waals surface area contributed by atoms with Crippen molar-refractivity contribution in [1.82, 2.24) is 4.57 Å². The van der Waals surface area contributed by atoms with E-state index in [1.165, 1.54) is 16.8 Å². The average molecular weight is 195 g/mol. The monoisotopic (exact) mass is 195 g/mol. The molecule has 1 aliphatic carbocycles. The molecule has 1 aromatic heterocycles. The highest BCUT2D eigenvalue weighted by atomic mass is 14.9. The lowest BCUT2D eigenvalue weighted by Crippen LogP contribution is -1.90. The van der Waals surface area contributed by atoms with Crippen molar-refractivity contribution < 1.29 is 0 Å². The zero-order chi connectivity index (χ0) is 10.1. The number of allylic oxidation sites excluding steroid dienone is 2. The molecule has 1 heteroatoms. The fraction of sp³-hybridized carbons (Fsp3) is 0.143. The van der Waals surface area contributed by atoms with Crippen LogP contribution in [0.4, 0.5) is 0 Å². The zero-order valence-corrected chi connectivity index (χ0v) is 8.56. The summed E-state index contributed by atoms with van der Waals surface area (Å²) in [6.45, 7) is 0. The highest BCUT2D eigenvalue weighted by Gasteiger charge is 2.08. The van der Waals surface area contributed by atoms with Gasteiger partial charge >= 0.3 is 0 Å². The number of hydrogen-bond donors (Lipinski definition) is 0. The molecule has 0 saturated heterocycles. The number of rotatable bonds is 1. The van der Waals surface area contributed by atoms with E-state index in [-0.39, 0.29) is 0 Å². The van der Waals surface area contributed by atoms with Crippen LogP contribution in [0.2, 0.25) is 0 Å². The Morgan fingerprint density at radius 1 is 0.800 bits per heavy atom. The third-order valence-electron chi connectivity index (χ3n) is 2.90. The van der Waals surface area contributed by atoms with Gasteiger partial charge in [-0.3, -0.25) is 0 Å². The molecular weight excluding hydrogens is 182 g/mol. The molecule has 0 radical (unpaired) electrons. The van der Waals surface area contributed by atoms with E-state index in [0.717, 1.165) is 12.8 Å². The summed E-state index contributed by atoms with van der Waals surface area (Å²) in [5, 5.41) is 0. The predicted octanol–water partition coefficient (Wildman–Crippen LogP) is 3.13. The van der Waals surface area contributed by atoms with Gasteiger partial charge < -0.3 is 4.57 Å². The van der Waals surface area contributed by atoms with E-state index >= 15 is 0 Å². The summed E-state index contributed by atoms with van der Waals surface area (Å²) in [5.41, 5.74) is 4.16. The SMILES string of the molecule is C1=CCc2cn(-c3ccccc3)cc2C1. The number of para-hydroxylation sites is 1. The average Bonchev–Trinajstić information content (AvgIpc) is 2.74. The second-order valence-corrected chi connectivity index (χ2v) is 3.93. The highest BCUT2D eigenvalue weighted by molar-refractivity contribution is 5.39. The predicted molar refractivity (Wildman–Crippen MR) is 62.3 cm³/mol. The van der Waals surface area contributed by atoms with Gasteiger partial charge in [-0.25, -0.2) is 0 Å². The van der Waals surface area contributed by atoms with Crippen LogP contribution in [-0.2, 0) is 12.8 Å². The summed E-state index contributed by atoms with van der Waals surface area (Å²) in [7, 11) is 0. The molecule has 1 heterocycles. The van der Waals surface area contributed by atoms with Crippen LogP contribution in [0.5, 0.6) is 0 Å². The van der Waals surface area contributed by atoms with Crippen molar-refractivity contribution in [3.8, 4) is 5.69 Å². The van der Waals surface area contributed by atoms with Gasteiger partial charge in [-0.15, -0.1) is 0 Å². The van der Waals surface area contributed by atoms with Crippen LogP contribution in [0.3, 0.4) is 0 Å². The zero-order valence-electron chi connectivity index (χ0n) is 8.56. The van der Waals surface area contributed by atoms with Gasteiger partial charge in [0.15, 0.2) is 0 Å². The van der Waals surface area contributed by atoms with Gasteiger partial charge in [-0.2, -0.15) is 0 Å². The lowest BCUT2D eigenvalue weighted by molar-refractivity contribution is 1.07. The minimum atomic E-state index is 1.08. The topological polar surface area (TPSA) is 4.93 Å². The van der Waals surface area contributed by atoms with Gasteiger partial charge in [-0.05, 0) is 36.1 Å². The number of fused-ring (bicyclic) bond motifs is 1. The molecule has 15 heavy (non-hydrogen) atoms. The van der Waals surface area contributed by atoms with Gasteiger partial charge in [0.2, 0.25) is 0 Å². The molecule has 1 nitrogen and oxygen atoms in total. The van der Waals surface area contributed by atoms with Crippen LogP contribution < -0.4 is 0 Å². The molecule has 1 aliphatic rings. The lowest BCUT2D eigenvalue weighted by atomic mass is 10.0. The molecule has 0 spiro atoms. The van der Waals surface area contributed by atoms with Crippen molar-refractivity contribution in [3.63, 3.8) is 0 Å². The van der Waals surface area contributed by atoms with Gasteiger partial charge in [0, 0.05) is 18.1 Å². The minimum Gasteiger partial charge on any atom is -0.323 e. The van der Waals surface area contributed by atoms with Crippen molar-refractivity contribution >= 4 is 0 Å². The molecular formula is C14H13N. The van der Waals surface area contributed by atoms with Gasteiger partial charge in [0.25, 0.3) is 0 Å². The third kappa shape index (κ3) is 1.50. The van der Waals surface area contributed by atoms with Crippen LogP contribution in [-0.4, -0.2) is 4.57 Å². The molecule has 1 aromatic carbocycles. The van der Waals surface area contributed by atoms with E-state index in [9.17, 15) is 0 Å². The van der Waals surface area contributed by atoms with E-state index in [1.807, 2.05) is 0 Å². The van der Waals surface area contributed by atoms with Crippen LogP contribution in [0.25, 0.3) is 5.69 Å². The summed E-state index contributed by atoms with van der Waals surface area (Å²) in [5.74, 6) is 0. The van der Waals surface area contributed by atoms with E-state index < -0.39 is 0 Å². The molecule has 0 bridgehead atoms. The first-order chi connectivity index (χ1) is 7.43. The molecule has 74 valence electrons. The Morgan fingerprint density at radius 3 is 2.00 bits per heavy atom. The Labute approximate surface area is 89.7 Å². The Bertz CT molecular complexity index is 466. The quantitative estimate of drug-likeness (QED) is 0.616. The molecule has 0 aliphatic heterocycles. The Hall–Kier alpha value is -1.76. The first kappa shape index (κ1) is 8.54. The number of benzene rings is 1. The summed E-state index contributed by atoms with van der Waals surface area (Å²) in [6.07, 6.45) is 11.1. The first-order valence-corrected chi connectivity index (χ1v) is 5.33. The Balaban J connectivity index is 2.04. The fourth-order valence-corrected chi connectivity index (χ4v) is 2.08. The van der Waals surface area contributed by atoms with E-state index in [0.29, 0.717) is 0 Å². The van der Waals surface area contributed by atoms with E-state index in [4.69, 9.17) is 0 Å². The summed E-state index contributed by atoms with van der Waals surface area (Å²) >= 11 is 0. The number of aromatic nitrogens is 1. The molecule has 0 unspecified atom stereocenters. The Morgan fingerprint density at radius 2 is 1.40 bits per heavy atom. The maximum absolute atomic E-state index is 2.25. The second-order valence-electron chi connectivity index (χ2n) is 3.93. The van der Waals surface area contributed by atoms with Crippen molar-refractivity contribution in [2.45, 2.75) is 12.8 Å². The van der Waals surface area contributed by atoms with Gasteiger partial charge in [0.1, 0.15) is 0 Å². The largest absolute Gasteiger partial charge is 0.323 e. The highest BCUT2D eigenvalue weighted by Crippen LogP contribution is 2.20. The van der Waals surface area contributed by atoms with Gasteiger partial charge in [0.05, 0.1) is 0 Å². The number of hydrogen-bond acceptors (Lipinski definition) is 0. The summed E-state index contributed by atoms with van der Waals surface area (Å²) in [6, 6.07) is 10.5. The molecule has 0 N–H and O–H groups in total. The van der Waals surface area contributed by atoms with Crippen LogP contribution in [0.15, 0.2) is 54.9 Å². The van der Waals surface area contributed by atoms with Crippen molar-refractivity contribution in [2.75, 3.05) is 0 Å². The fourth-order valence-electron chi connectivity index (χ4n) is 2.08. The van der Waals surface area contributed by atoms with Crippen LogP contribution in [0, 0.1) is 0 Å². The first-order valence-electron chi connectivity index (χ1n) is 5.33. The maximum atomic E-state index is 2.25. The Kier molecular flexibility index (Phi) is 1.95. The van der Waals surface area contributed by atoms with Crippen LogP contribution in [0.1, 0.15) is 11.1 Å². The lowest BCUT2D eigenvalue weighted by Gasteiger charge is -2.01.